The summed E-state index contributed by atoms with van der Waals surface area (Å²) in [6, 6.07) is 0. The Hall–Kier alpha value is -1.11. The number of rotatable bonds is 5. The summed E-state index contributed by atoms with van der Waals surface area (Å²) < 4.78 is 0. The normalized spacial score (nSPS) is 40.6. The molecule has 3 fully saturated rings. The molecule has 0 aromatic carbocycles. The van der Waals surface area contributed by atoms with Crippen molar-refractivity contribution >= 4 is 5.78 Å². The van der Waals surface area contributed by atoms with Crippen molar-refractivity contribution in [1.29, 1.82) is 0 Å². The van der Waals surface area contributed by atoms with Crippen molar-refractivity contribution in [3.8, 4) is 0 Å². The highest BCUT2D eigenvalue weighted by Gasteiger charge is 2.59. The van der Waals surface area contributed by atoms with Gasteiger partial charge >= 0.3 is 0 Å². The molecule has 3 saturated carbocycles. The van der Waals surface area contributed by atoms with Gasteiger partial charge in [0.25, 0.3) is 0 Å². The first-order valence-electron chi connectivity index (χ1n) is 12.6. The van der Waals surface area contributed by atoms with E-state index < -0.39 is 0 Å². The molecule has 4 aliphatic carbocycles. The summed E-state index contributed by atoms with van der Waals surface area (Å²) in [5.74, 6) is 3.51. The van der Waals surface area contributed by atoms with E-state index in [0.717, 1.165) is 30.6 Å². The molecule has 0 radical (unpaired) electrons. The zero-order valence-corrected chi connectivity index (χ0v) is 20.4. The average Bonchev–Trinajstić information content (AvgIpc) is 3.02. The summed E-state index contributed by atoms with van der Waals surface area (Å²) in [6.45, 7) is 18.2. The number of hydrogen-bond acceptors (Lipinski definition) is 1. The molecule has 0 aromatic heterocycles. The van der Waals surface area contributed by atoms with E-state index in [1.165, 1.54) is 56.1 Å². The Bertz CT molecular complexity index is 795. The lowest BCUT2D eigenvalue weighted by atomic mass is 9.47. The van der Waals surface area contributed by atoms with Crippen molar-refractivity contribution in [3.05, 3.63) is 35.5 Å². The van der Waals surface area contributed by atoms with Gasteiger partial charge in [-0.25, -0.2) is 0 Å². The summed E-state index contributed by atoms with van der Waals surface area (Å²) >= 11 is 0. The van der Waals surface area contributed by atoms with Crippen LogP contribution in [-0.2, 0) is 4.79 Å². The van der Waals surface area contributed by atoms with Crippen LogP contribution in [0.25, 0.3) is 0 Å². The summed E-state index contributed by atoms with van der Waals surface area (Å²) in [6.07, 6.45) is 16.0. The third kappa shape index (κ3) is 3.21. The van der Waals surface area contributed by atoms with Crippen molar-refractivity contribution < 1.29 is 4.79 Å². The minimum absolute atomic E-state index is 0.189. The predicted molar refractivity (Wildman–Crippen MR) is 127 cm³/mol. The Labute approximate surface area is 185 Å². The van der Waals surface area contributed by atoms with Gasteiger partial charge in [-0.1, -0.05) is 56.1 Å². The first kappa shape index (κ1) is 22.1. The molecule has 0 amide bonds. The second-order valence-corrected chi connectivity index (χ2v) is 12.4. The number of ketones is 1. The molecule has 30 heavy (non-hydrogen) atoms. The number of carbonyl (C=O) groups excluding carboxylic acids is 1. The van der Waals surface area contributed by atoms with E-state index in [1.54, 1.807) is 5.57 Å². The summed E-state index contributed by atoms with van der Waals surface area (Å²) in [7, 11) is 0. The van der Waals surface area contributed by atoms with E-state index in [4.69, 9.17) is 0 Å². The van der Waals surface area contributed by atoms with E-state index in [9.17, 15) is 4.79 Å². The molecular formula is C29H44O. The molecule has 0 saturated heterocycles. The number of carbonyl (C=O) groups is 1. The average molecular weight is 409 g/mol. The third-order valence-electron chi connectivity index (χ3n) is 10.2. The Balaban J connectivity index is 1.60. The molecule has 2 unspecified atom stereocenters. The van der Waals surface area contributed by atoms with Gasteiger partial charge in [-0.15, -0.1) is 6.58 Å². The van der Waals surface area contributed by atoms with Gasteiger partial charge in [-0.3, -0.25) is 4.79 Å². The van der Waals surface area contributed by atoms with Gasteiger partial charge in [0.15, 0.2) is 0 Å². The number of Topliss-reactive ketones (excluding diaryl/α,β-unsaturated/α-hetero) is 1. The molecule has 0 N–H and O–H groups in total. The molecule has 166 valence electrons. The van der Waals surface area contributed by atoms with Crippen LogP contribution in [0.2, 0.25) is 0 Å². The molecule has 6 atom stereocenters. The Morgan fingerprint density at radius 1 is 1.10 bits per heavy atom. The molecule has 0 bridgehead atoms. The fraction of sp³-hybridized carbons (Fsp3) is 0.759. The Morgan fingerprint density at radius 2 is 1.83 bits per heavy atom. The molecule has 4 rings (SSSR count). The van der Waals surface area contributed by atoms with Crippen molar-refractivity contribution in [2.45, 2.75) is 99.3 Å². The van der Waals surface area contributed by atoms with E-state index in [-0.39, 0.29) is 10.8 Å². The summed E-state index contributed by atoms with van der Waals surface area (Å²) in [5.41, 5.74) is 4.87. The van der Waals surface area contributed by atoms with Crippen molar-refractivity contribution in [2.24, 2.45) is 39.9 Å². The molecule has 0 aliphatic heterocycles. The van der Waals surface area contributed by atoms with Crippen LogP contribution in [0, 0.1) is 39.9 Å². The SMILES string of the molecule is C=C(C)CCC[C@@H](C)[C@H]1CCC2C3=CC=C4C(C)(C)C(=O)CC[C@]4(C)C3CC[C@@]21C. The zero-order valence-electron chi connectivity index (χ0n) is 20.4. The topological polar surface area (TPSA) is 17.1 Å². The lowest BCUT2D eigenvalue weighted by Crippen LogP contribution is -2.50. The summed E-state index contributed by atoms with van der Waals surface area (Å²) in [5, 5.41) is 0. The third-order valence-corrected chi connectivity index (χ3v) is 10.2. The van der Waals surface area contributed by atoms with Gasteiger partial charge in [0.2, 0.25) is 0 Å². The number of hydrogen-bond donors (Lipinski definition) is 0. The highest BCUT2D eigenvalue weighted by atomic mass is 16.1. The highest BCUT2D eigenvalue weighted by Crippen LogP contribution is 2.67. The lowest BCUT2D eigenvalue weighted by Gasteiger charge is -2.57. The van der Waals surface area contributed by atoms with Gasteiger partial charge in [-0.2, -0.15) is 0 Å². The van der Waals surface area contributed by atoms with Crippen LogP contribution in [0.3, 0.4) is 0 Å². The van der Waals surface area contributed by atoms with Crippen LogP contribution in [0.4, 0.5) is 0 Å². The van der Waals surface area contributed by atoms with Gasteiger partial charge < -0.3 is 0 Å². The monoisotopic (exact) mass is 408 g/mol. The van der Waals surface area contributed by atoms with Crippen LogP contribution in [0.5, 0.6) is 0 Å². The van der Waals surface area contributed by atoms with Gasteiger partial charge in [0.05, 0.1) is 0 Å². The standard InChI is InChI=1S/C29H44O/c1-19(2)9-8-10-20(3)22-12-13-23-21-11-14-25-27(4,5)26(30)16-18-29(25,7)24(21)15-17-28(22,23)6/h11,14,20,22-24H,1,8-10,12-13,15-18H2,2-7H3/t20-,22-,23?,24?,28-,29-/m1/s1. The van der Waals surface area contributed by atoms with Gasteiger partial charge in [0, 0.05) is 11.8 Å². The number of allylic oxidation sites excluding steroid dienone is 5. The molecular weight excluding hydrogens is 364 g/mol. The van der Waals surface area contributed by atoms with Gasteiger partial charge in [0.1, 0.15) is 5.78 Å². The van der Waals surface area contributed by atoms with Crippen LogP contribution in [-0.4, -0.2) is 5.78 Å². The van der Waals surface area contributed by atoms with E-state index in [0.29, 0.717) is 17.1 Å². The second kappa shape index (κ2) is 7.49. The van der Waals surface area contributed by atoms with Crippen LogP contribution in [0.15, 0.2) is 35.5 Å². The predicted octanol–water partition coefficient (Wildman–Crippen LogP) is 8.07. The number of fused-ring (bicyclic) bond motifs is 5. The highest BCUT2D eigenvalue weighted by molar-refractivity contribution is 5.89. The smallest absolute Gasteiger partial charge is 0.142 e. The van der Waals surface area contributed by atoms with Crippen molar-refractivity contribution in [1.82, 2.24) is 0 Å². The minimum atomic E-state index is -0.286. The fourth-order valence-electron chi connectivity index (χ4n) is 8.44. The lowest BCUT2D eigenvalue weighted by molar-refractivity contribution is -0.129. The van der Waals surface area contributed by atoms with Gasteiger partial charge in [-0.05, 0) is 100 Å². The van der Waals surface area contributed by atoms with Crippen LogP contribution < -0.4 is 0 Å². The van der Waals surface area contributed by atoms with Crippen LogP contribution >= 0.6 is 0 Å². The maximum atomic E-state index is 12.7. The minimum Gasteiger partial charge on any atom is -0.299 e. The first-order chi connectivity index (χ1) is 14.0. The molecule has 0 spiro atoms. The van der Waals surface area contributed by atoms with Crippen molar-refractivity contribution in [3.63, 3.8) is 0 Å². The second-order valence-electron chi connectivity index (χ2n) is 12.4. The fourth-order valence-corrected chi connectivity index (χ4v) is 8.44. The quantitative estimate of drug-likeness (QED) is 0.420. The molecule has 0 heterocycles. The zero-order chi connectivity index (χ0) is 21.9. The largest absolute Gasteiger partial charge is 0.299 e. The van der Waals surface area contributed by atoms with E-state index >= 15 is 0 Å². The molecule has 1 nitrogen and oxygen atoms in total. The first-order valence-corrected chi connectivity index (χ1v) is 12.6. The van der Waals surface area contributed by atoms with Crippen molar-refractivity contribution in [2.75, 3.05) is 0 Å². The maximum Gasteiger partial charge on any atom is 0.142 e. The molecule has 4 aliphatic rings. The van der Waals surface area contributed by atoms with E-state index in [2.05, 4.69) is 60.3 Å². The Kier molecular flexibility index (Phi) is 5.52. The maximum absolute atomic E-state index is 12.7. The Morgan fingerprint density at radius 3 is 2.53 bits per heavy atom. The van der Waals surface area contributed by atoms with E-state index in [1.807, 2.05) is 0 Å². The summed E-state index contributed by atoms with van der Waals surface area (Å²) in [4.78, 5) is 12.7. The molecule has 1 heteroatoms. The molecule has 0 aromatic rings. The van der Waals surface area contributed by atoms with Crippen LogP contribution in [0.1, 0.15) is 99.3 Å².